The Morgan fingerprint density at radius 2 is 2.38 bits per heavy atom. The summed E-state index contributed by atoms with van der Waals surface area (Å²) in [5, 5.41) is 20.5. The van der Waals surface area contributed by atoms with Gasteiger partial charge in [0.1, 0.15) is 16.8 Å². The van der Waals surface area contributed by atoms with Crippen LogP contribution in [0.25, 0.3) is 0 Å². The molecule has 4 nitrogen and oxygen atoms in total. The Balaban J connectivity index is 2.76. The maximum absolute atomic E-state index is 10.3. The van der Waals surface area contributed by atoms with E-state index in [9.17, 15) is 15.0 Å². The summed E-state index contributed by atoms with van der Waals surface area (Å²) >= 11 is 4.97. The zero-order valence-corrected chi connectivity index (χ0v) is 8.33. The average Bonchev–Trinajstić information content (AvgIpc) is 2.63. The van der Waals surface area contributed by atoms with Crippen LogP contribution in [0.3, 0.4) is 0 Å². The van der Waals surface area contributed by atoms with Gasteiger partial charge < -0.3 is 10.2 Å². The topological polar surface area (TPSA) is 70.4 Å². The molecule has 2 N–H and O–H groups in total. The lowest BCUT2D eigenvalue weighted by Gasteiger charge is -2.12. The van der Waals surface area contributed by atoms with Gasteiger partial charge in [-0.3, -0.25) is 4.79 Å². The Morgan fingerprint density at radius 1 is 1.69 bits per heavy atom. The summed E-state index contributed by atoms with van der Waals surface area (Å²) in [6, 6.07) is 0. The lowest BCUT2D eigenvalue weighted by Crippen LogP contribution is -2.19. The molecule has 1 heterocycles. The van der Waals surface area contributed by atoms with Crippen LogP contribution in [0.4, 0.5) is 0 Å². The van der Waals surface area contributed by atoms with Gasteiger partial charge in [0, 0.05) is 11.1 Å². The Labute approximate surface area is 84.7 Å². The maximum Gasteiger partial charge on any atom is 0.169 e. The van der Waals surface area contributed by atoms with Crippen molar-refractivity contribution in [2.45, 2.75) is 12.2 Å². The van der Waals surface area contributed by atoms with Crippen molar-refractivity contribution in [1.29, 1.82) is 0 Å². The van der Waals surface area contributed by atoms with Crippen LogP contribution in [0.5, 0.6) is 0 Å². The number of aromatic nitrogens is 1. The quantitative estimate of drug-likeness (QED) is 0.502. The molecule has 72 valence electrons. The highest BCUT2D eigenvalue weighted by Gasteiger charge is 2.19. The molecule has 0 saturated heterocycles. The molecule has 0 aromatic carbocycles. The highest BCUT2D eigenvalue weighted by molar-refractivity contribution is 7.80. The van der Waals surface area contributed by atoms with Crippen molar-refractivity contribution >= 4 is 30.3 Å². The zero-order chi connectivity index (χ0) is 9.84. The fourth-order valence-electron chi connectivity index (χ4n) is 0.755. The van der Waals surface area contributed by atoms with E-state index in [0.717, 1.165) is 11.3 Å². The summed E-state index contributed by atoms with van der Waals surface area (Å²) < 4.78 is 0. The van der Waals surface area contributed by atoms with Gasteiger partial charge in [-0.2, -0.15) is 12.6 Å². The van der Waals surface area contributed by atoms with Crippen LogP contribution in [0.2, 0.25) is 0 Å². The molecular weight excluding hydrogens is 210 g/mol. The molecule has 1 rings (SSSR count). The molecule has 0 aliphatic carbocycles. The van der Waals surface area contributed by atoms with Gasteiger partial charge >= 0.3 is 0 Å². The van der Waals surface area contributed by atoms with E-state index in [1.807, 2.05) is 0 Å². The van der Waals surface area contributed by atoms with E-state index in [2.05, 4.69) is 17.6 Å². The van der Waals surface area contributed by atoms with Gasteiger partial charge in [0.2, 0.25) is 0 Å². The number of carbonyl (C=O) groups is 1. The van der Waals surface area contributed by atoms with E-state index in [4.69, 9.17) is 0 Å². The zero-order valence-electron chi connectivity index (χ0n) is 6.62. The van der Waals surface area contributed by atoms with Crippen molar-refractivity contribution < 1.29 is 15.0 Å². The number of aliphatic hydroxyl groups excluding tert-OH is 2. The minimum atomic E-state index is -1.06. The largest absolute Gasteiger partial charge is 0.389 e. The van der Waals surface area contributed by atoms with Gasteiger partial charge in [-0.1, -0.05) is 0 Å². The van der Waals surface area contributed by atoms with Gasteiger partial charge in [-0.25, -0.2) is 4.98 Å². The lowest BCUT2D eigenvalue weighted by atomic mass is 10.2. The minimum absolute atomic E-state index is 0.150. The predicted molar refractivity (Wildman–Crippen MR) is 52.3 cm³/mol. The molecule has 2 atom stereocenters. The van der Waals surface area contributed by atoms with Gasteiger partial charge in [0.25, 0.3) is 0 Å². The second-order valence-electron chi connectivity index (χ2n) is 2.42. The third-order valence-electron chi connectivity index (χ3n) is 1.46. The van der Waals surface area contributed by atoms with Gasteiger partial charge in [0.05, 0.1) is 6.10 Å². The number of carbonyl (C=O) groups excluding carboxylic acids is 1. The number of rotatable bonds is 4. The first-order chi connectivity index (χ1) is 6.19. The predicted octanol–water partition coefficient (Wildman–Crippen LogP) is 0.280. The molecule has 0 bridgehead atoms. The minimum Gasteiger partial charge on any atom is -0.389 e. The van der Waals surface area contributed by atoms with Gasteiger partial charge in [-0.15, -0.1) is 11.3 Å². The van der Waals surface area contributed by atoms with Crippen LogP contribution in [-0.2, 0) is 0 Å². The number of thiazole rings is 1. The molecule has 0 aliphatic heterocycles. The third kappa shape index (κ3) is 2.50. The van der Waals surface area contributed by atoms with E-state index in [1.54, 1.807) is 0 Å². The molecule has 0 aliphatic rings. The number of nitrogens with zero attached hydrogens (tertiary/aromatic N) is 1. The van der Waals surface area contributed by atoms with Crippen molar-refractivity contribution in [3.8, 4) is 0 Å². The lowest BCUT2D eigenvalue weighted by molar-refractivity contribution is 0.0335. The summed E-state index contributed by atoms with van der Waals surface area (Å²) in [7, 11) is 0. The van der Waals surface area contributed by atoms with E-state index in [-0.39, 0.29) is 11.4 Å². The van der Waals surface area contributed by atoms with Crippen LogP contribution in [0.15, 0.2) is 5.38 Å². The molecule has 1 aromatic rings. The fourth-order valence-corrected chi connectivity index (χ4v) is 1.76. The molecule has 0 amide bonds. The molecular formula is C7H9NO3S2. The van der Waals surface area contributed by atoms with Crippen LogP contribution < -0.4 is 0 Å². The van der Waals surface area contributed by atoms with Gasteiger partial charge in [0.15, 0.2) is 6.29 Å². The number of aliphatic hydroxyl groups is 2. The van der Waals surface area contributed by atoms with Crippen LogP contribution >= 0.6 is 24.0 Å². The van der Waals surface area contributed by atoms with Gasteiger partial charge in [-0.05, 0) is 0 Å². The van der Waals surface area contributed by atoms with E-state index in [1.165, 1.54) is 5.38 Å². The molecule has 2 unspecified atom stereocenters. The van der Waals surface area contributed by atoms with E-state index in [0.29, 0.717) is 11.3 Å². The maximum atomic E-state index is 10.3. The molecule has 0 fully saturated rings. The number of hydrogen-bond acceptors (Lipinski definition) is 6. The number of hydrogen-bond donors (Lipinski definition) is 3. The highest BCUT2D eigenvalue weighted by Crippen LogP contribution is 2.21. The second-order valence-corrected chi connectivity index (χ2v) is 3.68. The summed E-state index contributed by atoms with van der Waals surface area (Å²) in [6.45, 7) is 0. The monoisotopic (exact) mass is 219 g/mol. The van der Waals surface area contributed by atoms with Crippen molar-refractivity contribution in [2.75, 3.05) is 5.75 Å². The Kier molecular flexibility index (Phi) is 3.86. The standard InChI is InChI=1S/C7H9NO3S2/c9-1-4-3-13-7(8-4)6(11)5(10)2-12/h1,3,5-6,10-12H,2H2. The Bertz CT molecular complexity index is 289. The van der Waals surface area contributed by atoms with Crippen molar-refractivity contribution in [1.82, 2.24) is 4.98 Å². The normalized spacial score (nSPS) is 15.3. The highest BCUT2D eigenvalue weighted by atomic mass is 32.1. The smallest absolute Gasteiger partial charge is 0.169 e. The first-order valence-corrected chi connectivity index (χ1v) is 5.08. The molecule has 0 radical (unpaired) electrons. The Morgan fingerprint density at radius 3 is 2.85 bits per heavy atom. The van der Waals surface area contributed by atoms with E-state index < -0.39 is 12.2 Å². The second kappa shape index (κ2) is 4.71. The van der Waals surface area contributed by atoms with Crippen LogP contribution in [-0.4, -0.2) is 33.3 Å². The third-order valence-corrected chi connectivity index (χ3v) is 2.77. The van der Waals surface area contributed by atoms with Crippen LogP contribution in [0.1, 0.15) is 21.6 Å². The van der Waals surface area contributed by atoms with Crippen molar-refractivity contribution in [3.63, 3.8) is 0 Å². The number of aldehydes is 1. The van der Waals surface area contributed by atoms with E-state index >= 15 is 0 Å². The average molecular weight is 219 g/mol. The first kappa shape index (κ1) is 10.6. The number of thiol groups is 1. The van der Waals surface area contributed by atoms with Crippen molar-refractivity contribution in [3.05, 3.63) is 16.1 Å². The fraction of sp³-hybridized carbons (Fsp3) is 0.429. The summed E-state index contributed by atoms with van der Waals surface area (Å²) in [5.41, 5.74) is 0.269. The first-order valence-electron chi connectivity index (χ1n) is 3.56. The molecule has 6 heteroatoms. The van der Waals surface area contributed by atoms with Crippen molar-refractivity contribution in [2.24, 2.45) is 0 Å². The molecule has 0 spiro atoms. The molecule has 13 heavy (non-hydrogen) atoms. The Hall–Kier alpha value is -0.430. The molecule has 0 saturated carbocycles. The summed E-state index contributed by atoms with van der Waals surface area (Å²) in [4.78, 5) is 14.1. The summed E-state index contributed by atoms with van der Waals surface area (Å²) in [6.07, 6.45) is -1.41. The SMILES string of the molecule is O=Cc1csc(C(O)C(O)CS)n1. The van der Waals surface area contributed by atoms with Crippen LogP contribution in [0, 0.1) is 0 Å². The molecule has 1 aromatic heterocycles. The summed E-state index contributed by atoms with van der Waals surface area (Å²) in [5.74, 6) is 0.150.